The average Bonchev–Trinajstić information content (AvgIpc) is 2.93. The highest BCUT2D eigenvalue weighted by Gasteiger charge is 2.45. The van der Waals surface area contributed by atoms with Gasteiger partial charge in [0.2, 0.25) is 0 Å². The van der Waals surface area contributed by atoms with Gasteiger partial charge in [-0.1, -0.05) is 40.2 Å². The largest absolute Gasteiger partial charge is 0.508 e. The third-order valence-electron chi connectivity index (χ3n) is 4.85. The number of rotatable bonds is 6. The van der Waals surface area contributed by atoms with Crippen LogP contribution in [0.4, 0.5) is 0 Å². The Morgan fingerprint density at radius 2 is 1.83 bits per heavy atom. The van der Waals surface area contributed by atoms with E-state index in [-0.39, 0.29) is 17.1 Å². The van der Waals surface area contributed by atoms with Gasteiger partial charge < -0.3 is 20.0 Å². The van der Waals surface area contributed by atoms with Gasteiger partial charge in [-0.25, -0.2) is 0 Å². The lowest BCUT2D eigenvalue weighted by molar-refractivity contribution is -0.139. The summed E-state index contributed by atoms with van der Waals surface area (Å²) in [4.78, 5) is 29.1. The van der Waals surface area contributed by atoms with Crippen LogP contribution in [0.3, 0.4) is 0 Å². The number of aliphatic hydroxyl groups excluding tert-OH is 1. The zero-order valence-corrected chi connectivity index (χ0v) is 17.9. The van der Waals surface area contributed by atoms with Crippen LogP contribution >= 0.6 is 15.9 Å². The van der Waals surface area contributed by atoms with E-state index >= 15 is 0 Å². The molecule has 1 amide bonds. The van der Waals surface area contributed by atoms with Crippen LogP contribution in [0.1, 0.15) is 23.6 Å². The number of hydrogen-bond acceptors (Lipinski definition) is 5. The topological polar surface area (TPSA) is 81.1 Å². The number of amides is 1. The van der Waals surface area contributed by atoms with Crippen molar-refractivity contribution in [2.45, 2.75) is 12.5 Å². The van der Waals surface area contributed by atoms with Crippen LogP contribution in [0, 0.1) is 0 Å². The van der Waals surface area contributed by atoms with E-state index in [0.717, 1.165) is 11.0 Å². The number of benzene rings is 2. The Morgan fingerprint density at radius 3 is 2.45 bits per heavy atom. The zero-order valence-electron chi connectivity index (χ0n) is 16.3. The Hall–Kier alpha value is -2.64. The first-order valence-corrected chi connectivity index (χ1v) is 10.1. The molecule has 0 saturated carbocycles. The smallest absolute Gasteiger partial charge is 0.295 e. The third kappa shape index (κ3) is 4.52. The van der Waals surface area contributed by atoms with Crippen LogP contribution in [0.25, 0.3) is 5.76 Å². The van der Waals surface area contributed by atoms with E-state index in [4.69, 9.17) is 0 Å². The molecule has 0 aliphatic carbocycles. The van der Waals surface area contributed by atoms with Crippen LogP contribution in [0.5, 0.6) is 5.75 Å². The lowest BCUT2D eigenvalue weighted by Crippen LogP contribution is -2.32. The molecule has 1 aliphatic heterocycles. The minimum atomic E-state index is -0.757. The van der Waals surface area contributed by atoms with Crippen molar-refractivity contribution in [2.75, 3.05) is 27.2 Å². The second kappa shape index (κ2) is 8.80. The maximum absolute atomic E-state index is 12.9. The SMILES string of the molecule is CN(C)CCCN1C(=O)C(=O)/C(=C(\O)c2ccc(Br)cc2)C1c1cccc(O)c1. The second-order valence-corrected chi connectivity index (χ2v) is 8.17. The standard InChI is InChI=1S/C22H23BrN2O4/c1-24(2)11-4-12-25-19(15-5-3-6-17(26)13-15)18(21(28)22(25)29)20(27)14-7-9-16(23)10-8-14/h3,5-10,13,19,26-27H,4,11-12H2,1-2H3/b20-18-. The van der Waals surface area contributed by atoms with Gasteiger partial charge in [-0.2, -0.15) is 0 Å². The van der Waals surface area contributed by atoms with Gasteiger partial charge in [0.15, 0.2) is 0 Å². The summed E-state index contributed by atoms with van der Waals surface area (Å²) in [7, 11) is 3.88. The number of carbonyl (C=O) groups excluding carboxylic acids is 2. The summed E-state index contributed by atoms with van der Waals surface area (Å²) in [5, 5.41) is 20.9. The number of aromatic hydroxyl groups is 1. The summed E-state index contributed by atoms with van der Waals surface area (Å²) >= 11 is 3.35. The molecule has 1 atom stereocenters. The van der Waals surface area contributed by atoms with Crippen molar-refractivity contribution in [3.8, 4) is 5.75 Å². The number of nitrogens with zero attached hydrogens (tertiary/aromatic N) is 2. The molecule has 2 N–H and O–H groups in total. The van der Waals surface area contributed by atoms with E-state index in [1.165, 1.54) is 17.0 Å². The number of halogens is 1. The molecule has 0 bridgehead atoms. The van der Waals surface area contributed by atoms with E-state index in [9.17, 15) is 19.8 Å². The van der Waals surface area contributed by atoms with Gasteiger partial charge >= 0.3 is 0 Å². The van der Waals surface area contributed by atoms with Gasteiger partial charge in [0.1, 0.15) is 11.5 Å². The van der Waals surface area contributed by atoms with Crippen LogP contribution in [-0.2, 0) is 9.59 Å². The van der Waals surface area contributed by atoms with Gasteiger partial charge in [0, 0.05) is 16.6 Å². The highest BCUT2D eigenvalue weighted by Crippen LogP contribution is 2.40. The molecule has 3 rings (SSSR count). The Labute approximate surface area is 178 Å². The summed E-state index contributed by atoms with van der Waals surface area (Å²) in [6.45, 7) is 1.11. The molecular formula is C22H23BrN2O4. The second-order valence-electron chi connectivity index (χ2n) is 7.25. The van der Waals surface area contributed by atoms with E-state index in [0.29, 0.717) is 24.1 Å². The quantitative estimate of drug-likeness (QED) is 0.393. The molecule has 0 aromatic heterocycles. The molecule has 152 valence electrons. The average molecular weight is 459 g/mol. The van der Waals surface area contributed by atoms with Gasteiger partial charge in [0.25, 0.3) is 11.7 Å². The molecule has 29 heavy (non-hydrogen) atoms. The summed E-state index contributed by atoms with van der Waals surface area (Å²) in [5.74, 6) is -1.55. The lowest BCUT2D eigenvalue weighted by Gasteiger charge is -2.26. The molecule has 7 heteroatoms. The van der Waals surface area contributed by atoms with Gasteiger partial charge in [-0.05, 0) is 56.9 Å². The van der Waals surface area contributed by atoms with Crippen molar-refractivity contribution in [2.24, 2.45) is 0 Å². The number of aliphatic hydroxyl groups is 1. The monoisotopic (exact) mass is 458 g/mol. The Balaban J connectivity index is 2.09. The van der Waals surface area contributed by atoms with Crippen molar-refractivity contribution in [3.05, 3.63) is 69.7 Å². The van der Waals surface area contributed by atoms with Crippen molar-refractivity contribution < 1.29 is 19.8 Å². The van der Waals surface area contributed by atoms with Crippen molar-refractivity contribution in [1.29, 1.82) is 0 Å². The number of likely N-dealkylation sites (tertiary alicyclic amines) is 1. The lowest BCUT2D eigenvalue weighted by atomic mass is 9.95. The minimum Gasteiger partial charge on any atom is -0.508 e. The van der Waals surface area contributed by atoms with E-state index in [1.54, 1.807) is 36.4 Å². The first kappa shape index (κ1) is 21.1. The molecule has 1 saturated heterocycles. The molecule has 2 aromatic rings. The molecule has 0 spiro atoms. The zero-order chi connectivity index (χ0) is 21.1. The van der Waals surface area contributed by atoms with Gasteiger partial charge in [0.05, 0.1) is 11.6 Å². The molecule has 1 aliphatic rings. The third-order valence-corrected chi connectivity index (χ3v) is 5.38. The fraction of sp³-hybridized carbons (Fsp3) is 0.273. The Morgan fingerprint density at radius 1 is 1.14 bits per heavy atom. The summed E-state index contributed by atoms with van der Waals surface area (Å²) in [5.41, 5.74) is 1.06. The number of ketones is 1. The van der Waals surface area contributed by atoms with Crippen molar-refractivity contribution >= 4 is 33.4 Å². The fourth-order valence-corrected chi connectivity index (χ4v) is 3.74. The predicted octanol–water partition coefficient (Wildman–Crippen LogP) is 3.53. The number of carbonyl (C=O) groups is 2. The number of Topliss-reactive ketones (excluding diaryl/α,β-unsaturated/α-hetero) is 1. The summed E-state index contributed by atoms with van der Waals surface area (Å²) in [6.07, 6.45) is 0.674. The first-order valence-electron chi connectivity index (χ1n) is 9.27. The highest BCUT2D eigenvalue weighted by molar-refractivity contribution is 9.10. The van der Waals surface area contributed by atoms with E-state index < -0.39 is 17.7 Å². The number of phenolic OH excluding ortho intramolecular Hbond substituents is 1. The fourth-order valence-electron chi connectivity index (χ4n) is 3.47. The molecule has 1 heterocycles. The molecule has 1 unspecified atom stereocenters. The Bertz CT molecular complexity index is 954. The van der Waals surface area contributed by atoms with Crippen molar-refractivity contribution in [1.82, 2.24) is 9.80 Å². The van der Waals surface area contributed by atoms with Gasteiger partial charge in [-0.15, -0.1) is 0 Å². The predicted molar refractivity (Wildman–Crippen MR) is 114 cm³/mol. The first-order chi connectivity index (χ1) is 13.8. The minimum absolute atomic E-state index is 0.0324. The molecule has 0 radical (unpaired) electrons. The Kier molecular flexibility index (Phi) is 6.39. The molecule has 1 fully saturated rings. The molecule has 2 aromatic carbocycles. The maximum Gasteiger partial charge on any atom is 0.295 e. The van der Waals surface area contributed by atoms with Crippen LogP contribution < -0.4 is 0 Å². The molecular weight excluding hydrogens is 436 g/mol. The normalized spacial score (nSPS) is 18.6. The van der Waals surface area contributed by atoms with Crippen LogP contribution in [-0.4, -0.2) is 58.9 Å². The number of phenols is 1. The molecule has 6 nitrogen and oxygen atoms in total. The maximum atomic E-state index is 12.9. The van der Waals surface area contributed by atoms with Crippen molar-refractivity contribution in [3.63, 3.8) is 0 Å². The summed E-state index contributed by atoms with van der Waals surface area (Å²) < 4.78 is 0.836. The van der Waals surface area contributed by atoms with Crippen LogP contribution in [0.15, 0.2) is 58.6 Å². The summed E-state index contributed by atoms with van der Waals surface area (Å²) in [6, 6.07) is 12.6. The van der Waals surface area contributed by atoms with E-state index in [1.807, 2.05) is 19.0 Å². The van der Waals surface area contributed by atoms with Crippen LogP contribution in [0.2, 0.25) is 0 Å². The highest BCUT2D eigenvalue weighted by atomic mass is 79.9. The van der Waals surface area contributed by atoms with E-state index in [2.05, 4.69) is 15.9 Å². The number of hydrogen-bond donors (Lipinski definition) is 2. The van der Waals surface area contributed by atoms with Gasteiger partial charge in [-0.3, -0.25) is 9.59 Å².